The van der Waals surface area contributed by atoms with Crippen LogP contribution >= 0.6 is 0 Å². The number of nitrogens with zero attached hydrogens (tertiary/aromatic N) is 1. The van der Waals surface area contributed by atoms with Gasteiger partial charge in [-0.15, -0.1) is 0 Å². The average molecular weight is 430 g/mol. The first kappa shape index (κ1) is 25.4. The third kappa shape index (κ3) is 10.3. The number of carbonyl (C=O) groups excluding carboxylic acids is 2. The molecule has 3 amide bonds. The molecule has 1 radical (unpaired) electrons. The second kappa shape index (κ2) is 15.0. The maximum atomic E-state index is 11.9. The topological polar surface area (TPSA) is 69.5 Å². The molecular formula is C26H41N2O3. The number of hydrogen-bond acceptors (Lipinski definition) is 3. The van der Waals surface area contributed by atoms with E-state index >= 15 is 0 Å². The zero-order valence-corrected chi connectivity index (χ0v) is 19.5. The Bertz CT molecular complexity index is 635. The highest BCUT2D eigenvalue weighted by atomic mass is 16.5. The van der Waals surface area contributed by atoms with Gasteiger partial charge in [-0.05, 0) is 24.3 Å². The van der Waals surface area contributed by atoms with Crippen molar-refractivity contribution in [1.29, 1.82) is 0 Å². The highest BCUT2D eigenvalue weighted by molar-refractivity contribution is 6.02. The van der Waals surface area contributed by atoms with E-state index in [9.17, 15) is 9.59 Å². The summed E-state index contributed by atoms with van der Waals surface area (Å²) in [7, 11) is 0. The highest BCUT2D eigenvalue weighted by Gasteiger charge is 2.34. The van der Waals surface area contributed by atoms with Gasteiger partial charge in [0.2, 0.25) is 6.23 Å². The molecule has 0 aliphatic carbocycles. The van der Waals surface area contributed by atoms with Crippen molar-refractivity contribution in [1.82, 2.24) is 10.6 Å². The molecule has 0 aromatic heterocycles. The molecule has 1 aromatic carbocycles. The molecule has 5 heteroatoms. The molecule has 2 rings (SSSR count). The van der Waals surface area contributed by atoms with Gasteiger partial charge < -0.3 is 10.1 Å². The van der Waals surface area contributed by atoms with Crippen LogP contribution in [0, 0.1) is 5.92 Å². The van der Waals surface area contributed by atoms with Crippen LogP contribution in [0.4, 0.5) is 4.79 Å². The van der Waals surface area contributed by atoms with Crippen molar-refractivity contribution in [2.75, 3.05) is 0 Å². The Morgan fingerprint density at radius 1 is 0.871 bits per heavy atom. The fraction of sp³-hybridized carbons (Fsp3) is 0.692. The second-order valence-electron chi connectivity index (χ2n) is 8.87. The van der Waals surface area contributed by atoms with E-state index < -0.39 is 18.2 Å². The van der Waals surface area contributed by atoms with Gasteiger partial charge in [0, 0.05) is 0 Å². The lowest BCUT2D eigenvalue weighted by Gasteiger charge is -2.22. The number of urea groups is 1. The molecular weight excluding hydrogens is 388 g/mol. The Morgan fingerprint density at radius 2 is 1.52 bits per heavy atom. The summed E-state index contributed by atoms with van der Waals surface area (Å²) in [5, 5.41) is 5.93. The lowest BCUT2D eigenvalue weighted by Crippen LogP contribution is -2.36. The maximum Gasteiger partial charge on any atom is 0.346 e. The summed E-state index contributed by atoms with van der Waals surface area (Å²) >= 11 is 0. The molecule has 3 unspecified atom stereocenters. The van der Waals surface area contributed by atoms with Crippen LogP contribution in [0.1, 0.15) is 96.5 Å². The predicted molar refractivity (Wildman–Crippen MR) is 125 cm³/mol. The lowest BCUT2D eigenvalue weighted by atomic mass is 9.89. The molecule has 0 spiro atoms. The summed E-state index contributed by atoms with van der Waals surface area (Å²) in [4.78, 5) is 23.3. The Kier molecular flexibility index (Phi) is 12.3. The summed E-state index contributed by atoms with van der Waals surface area (Å²) < 4.78 is 6.02. The molecule has 1 heterocycles. The second-order valence-corrected chi connectivity index (χ2v) is 8.87. The van der Waals surface area contributed by atoms with Crippen LogP contribution in [0.15, 0.2) is 30.3 Å². The highest BCUT2D eigenvalue weighted by Crippen LogP contribution is 2.25. The maximum absolute atomic E-state index is 11.9. The third-order valence-corrected chi connectivity index (χ3v) is 6.15. The fourth-order valence-corrected chi connectivity index (χ4v) is 4.35. The number of hydrogen-bond donors (Lipinski definition) is 1. The van der Waals surface area contributed by atoms with E-state index in [4.69, 9.17) is 4.74 Å². The standard InChI is InChI=1S/C26H41N2O3/c1-3-5-7-10-15-21(14-9-6-4-2)18-13-19-23(20-22-16-11-8-12-17-22)31-25-24(29)27-26(30)28-25/h8,11-12,16-17,21,23,25H,3-7,9-10,13-15,18-20H2,1-2H3,(H,28,30). The Balaban J connectivity index is 1.87. The van der Waals surface area contributed by atoms with E-state index in [1.807, 2.05) is 18.2 Å². The van der Waals surface area contributed by atoms with E-state index in [1.54, 1.807) is 0 Å². The monoisotopic (exact) mass is 429 g/mol. The van der Waals surface area contributed by atoms with Gasteiger partial charge in [0.1, 0.15) is 0 Å². The SMILES string of the molecule is CCCCCCC(CCCCC)CCCC(Cc1ccccc1)OC1NC(=O)[N]C1=O. The van der Waals surface area contributed by atoms with Crippen LogP contribution in [0.25, 0.3) is 0 Å². The Morgan fingerprint density at radius 3 is 2.16 bits per heavy atom. The largest absolute Gasteiger partial charge is 0.346 e. The third-order valence-electron chi connectivity index (χ3n) is 6.15. The van der Waals surface area contributed by atoms with Gasteiger partial charge in [-0.2, -0.15) is 5.32 Å². The van der Waals surface area contributed by atoms with Crippen LogP contribution in [0.5, 0.6) is 0 Å². The van der Waals surface area contributed by atoms with E-state index in [0.717, 1.165) is 25.2 Å². The van der Waals surface area contributed by atoms with Crippen LogP contribution in [0.2, 0.25) is 0 Å². The molecule has 1 aliphatic heterocycles. The molecule has 3 atom stereocenters. The quantitative estimate of drug-likeness (QED) is 0.239. The number of unbranched alkanes of at least 4 members (excludes halogenated alkanes) is 5. The van der Waals surface area contributed by atoms with Crippen LogP contribution < -0.4 is 10.6 Å². The molecule has 0 bridgehead atoms. The number of ether oxygens (including phenoxy) is 1. The smallest absolute Gasteiger partial charge is 0.346 e. The minimum Gasteiger partial charge on any atom is -0.346 e. The van der Waals surface area contributed by atoms with Crippen LogP contribution in [-0.2, 0) is 16.0 Å². The van der Waals surface area contributed by atoms with Crippen molar-refractivity contribution in [3.63, 3.8) is 0 Å². The zero-order chi connectivity index (χ0) is 22.3. The summed E-state index contributed by atoms with van der Waals surface area (Å²) in [6.07, 6.45) is 14.7. The number of imide groups is 1. The van der Waals surface area contributed by atoms with Gasteiger partial charge in [-0.25, -0.2) is 4.79 Å². The first-order chi connectivity index (χ1) is 15.1. The van der Waals surface area contributed by atoms with Crippen molar-refractivity contribution in [3.05, 3.63) is 35.9 Å². The molecule has 31 heavy (non-hydrogen) atoms. The van der Waals surface area contributed by atoms with Crippen molar-refractivity contribution in [2.45, 2.75) is 110 Å². The van der Waals surface area contributed by atoms with Gasteiger partial charge in [0.15, 0.2) is 0 Å². The van der Waals surface area contributed by atoms with Gasteiger partial charge in [0.25, 0.3) is 5.91 Å². The molecule has 0 saturated carbocycles. The summed E-state index contributed by atoms with van der Waals surface area (Å²) in [5.74, 6) is 0.264. The summed E-state index contributed by atoms with van der Waals surface area (Å²) in [6.45, 7) is 4.52. The zero-order valence-electron chi connectivity index (χ0n) is 19.5. The number of carbonyl (C=O) groups is 2. The van der Waals surface area contributed by atoms with Gasteiger partial charge in [-0.3, -0.25) is 4.79 Å². The summed E-state index contributed by atoms with van der Waals surface area (Å²) in [6, 6.07) is 9.60. The van der Waals surface area contributed by atoms with Crippen LogP contribution in [-0.4, -0.2) is 24.3 Å². The van der Waals surface area contributed by atoms with E-state index in [-0.39, 0.29) is 6.10 Å². The van der Waals surface area contributed by atoms with Crippen molar-refractivity contribution >= 4 is 11.9 Å². The number of amides is 3. The molecule has 1 N–H and O–H groups in total. The Hall–Kier alpha value is -1.88. The van der Waals surface area contributed by atoms with E-state index in [0.29, 0.717) is 0 Å². The first-order valence-corrected chi connectivity index (χ1v) is 12.4. The molecule has 173 valence electrons. The minimum atomic E-state index is -0.935. The molecule has 1 aromatic rings. The molecule has 1 saturated heterocycles. The van der Waals surface area contributed by atoms with Crippen molar-refractivity contribution in [3.8, 4) is 0 Å². The normalized spacial score (nSPS) is 17.9. The number of rotatable bonds is 17. The lowest BCUT2D eigenvalue weighted by molar-refractivity contribution is -0.134. The number of nitrogens with one attached hydrogen (secondary N) is 1. The summed E-state index contributed by atoms with van der Waals surface area (Å²) in [5.41, 5.74) is 1.18. The fourth-order valence-electron chi connectivity index (χ4n) is 4.35. The van der Waals surface area contributed by atoms with Gasteiger partial charge in [0.05, 0.1) is 6.10 Å². The van der Waals surface area contributed by atoms with Crippen molar-refractivity contribution in [2.24, 2.45) is 5.92 Å². The predicted octanol–water partition coefficient (Wildman–Crippen LogP) is 6.13. The van der Waals surface area contributed by atoms with E-state index in [1.165, 1.54) is 69.8 Å². The molecule has 1 fully saturated rings. The van der Waals surface area contributed by atoms with Gasteiger partial charge >= 0.3 is 6.03 Å². The van der Waals surface area contributed by atoms with Crippen molar-refractivity contribution < 1.29 is 14.3 Å². The van der Waals surface area contributed by atoms with E-state index in [2.05, 4.69) is 36.6 Å². The van der Waals surface area contributed by atoms with Gasteiger partial charge in [-0.1, -0.05) is 115 Å². The molecule has 1 aliphatic rings. The average Bonchev–Trinajstić information content (AvgIpc) is 3.08. The Labute approximate surface area is 188 Å². The minimum absolute atomic E-state index is 0.110. The molecule has 5 nitrogen and oxygen atoms in total. The number of benzene rings is 1. The van der Waals surface area contributed by atoms with Crippen LogP contribution in [0.3, 0.4) is 0 Å². The first-order valence-electron chi connectivity index (χ1n) is 12.4.